The number of thiazole rings is 1. The standard InChI is InChI=1S/C17H23N3O3S/c1-5-14(22)19-17-18-12-7-11(8-13(21)15(12)24-17)16(23)20(6-2)9-10(3)4/h11H,3,5-9H2,1-2,4H3,(H,18,19,22). The summed E-state index contributed by atoms with van der Waals surface area (Å²) in [6, 6.07) is 0. The molecule has 0 aromatic carbocycles. The van der Waals surface area contributed by atoms with Crippen LogP contribution in [0.1, 0.15) is 49.0 Å². The average molecular weight is 349 g/mol. The van der Waals surface area contributed by atoms with E-state index < -0.39 is 0 Å². The lowest BCUT2D eigenvalue weighted by molar-refractivity contribution is -0.135. The third-order valence-corrected chi connectivity index (χ3v) is 4.95. The number of carbonyl (C=O) groups excluding carboxylic acids is 3. The monoisotopic (exact) mass is 349 g/mol. The van der Waals surface area contributed by atoms with Crippen LogP contribution in [0, 0.1) is 5.92 Å². The molecule has 0 spiro atoms. The normalized spacial score (nSPS) is 16.5. The van der Waals surface area contributed by atoms with Crippen molar-refractivity contribution in [1.82, 2.24) is 9.88 Å². The van der Waals surface area contributed by atoms with Gasteiger partial charge in [-0.25, -0.2) is 4.98 Å². The molecule has 1 unspecified atom stereocenters. The van der Waals surface area contributed by atoms with Crippen LogP contribution in [0.3, 0.4) is 0 Å². The number of fused-ring (bicyclic) bond motifs is 1. The molecule has 0 radical (unpaired) electrons. The summed E-state index contributed by atoms with van der Waals surface area (Å²) in [5, 5.41) is 3.12. The lowest BCUT2D eigenvalue weighted by atomic mass is 9.89. The van der Waals surface area contributed by atoms with Crippen LogP contribution in [0.5, 0.6) is 0 Å². The van der Waals surface area contributed by atoms with Crippen LogP contribution < -0.4 is 5.32 Å². The first kappa shape index (κ1) is 18.3. The molecule has 24 heavy (non-hydrogen) atoms. The Morgan fingerprint density at radius 1 is 1.38 bits per heavy atom. The highest BCUT2D eigenvalue weighted by molar-refractivity contribution is 7.17. The van der Waals surface area contributed by atoms with Crippen molar-refractivity contribution < 1.29 is 14.4 Å². The van der Waals surface area contributed by atoms with E-state index in [1.54, 1.807) is 11.8 Å². The predicted molar refractivity (Wildman–Crippen MR) is 94.2 cm³/mol. The van der Waals surface area contributed by atoms with E-state index in [-0.39, 0.29) is 29.9 Å². The number of hydrogen-bond donors (Lipinski definition) is 1. The minimum atomic E-state index is -0.388. The van der Waals surface area contributed by atoms with Crippen LogP contribution >= 0.6 is 11.3 Å². The maximum atomic E-state index is 12.7. The molecule has 0 fully saturated rings. The van der Waals surface area contributed by atoms with Gasteiger partial charge in [-0.05, 0) is 13.8 Å². The number of Topliss-reactive ketones (excluding diaryl/α,β-unsaturated/α-hetero) is 1. The molecule has 2 amide bonds. The fourth-order valence-corrected chi connectivity index (χ4v) is 3.65. The number of likely N-dealkylation sites (N-methyl/N-ethyl adjacent to an activating group) is 1. The van der Waals surface area contributed by atoms with Gasteiger partial charge in [-0.3, -0.25) is 14.4 Å². The van der Waals surface area contributed by atoms with Crippen molar-refractivity contribution in [2.45, 2.75) is 40.0 Å². The first-order valence-corrected chi connectivity index (χ1v) is 8.93. The number of rotatable bonds is 6. The smallest absolute Gasteiger partial charge is 0.226 e. The summed E-state index contributed by atoms with van der Waals surface area (Å²) in [5.74, 6) is -0.636. The maximum absolute atomic E-state index is 12.7. The summed E-state index contributed by atoms with van der Waals surface area (Å²) in [4.78, 5) is 43.2. The summed E-state index contributed by atoms with van der Waals surface area (Å²) >= 11 is 1.19. The number of nitrogens with zero attached hydrogens (tertiary/aromatic N) is 2. The molecule has 130 valence electrons. The number of hydrogen-bond acceptors (Lipinski definition) is 5. The van der Waals surface area contributed by atoms with Crippen LogP contribution in [0.4, 0.5) is 5.13 Å². The molecule has 7 heteroatoms. The van der Waals surface area contributed by atoms with Crippen molar-refractivity contribution in [2.75, 3.05) is 18.4 Å². The molecule has 1 aromatic heterocycles. The number of amides is 2. The van der Waals surface area contributed by atoms with Crippen molar-refractivity contribution >= 4 is 34.1 Å². The quantitative estimate of drug-likeness (QED) is 0.801. The van der Waals surface area contributed by atoms with Crippen LogP contribution in [-0.4, -0.2) is 40.6 Å². The van der Waals surface area contributed by atoms with E-state index in [9.17, 15) is 14.4 Å². The van der Waals surface area contributed by atoms with Gasteiger partial charge in [0.1, 0.15) is 0 Å². The fraction of sp³-hybridized carbons (Fsp3) is 0.529. The lowest BCUT2D eigenvalue weighted by Gasteiger charge is -2.27. The molecule has 1 aromatic rings. The number of anilines is 1. The van der Waals surface area contributed by atoms with E-state index in [0.29, 0.717) is 41.6 Å². The summed E-state index contributed by atoms with van der Waals surface area (Å²) in [5.41, 5.74) is 1.53. The second kappa shape index (κ2) is 7.70. The fourth-order valence-electron chi connectivity index (χ4n) is 2.70. The van der Waals surface area contributed by atoms with E-state index in [1.165, 1.54) is 11.3 Å². The van der Waals surface area contributed by atoms with Gasteiger partial charge in [0.25, 0.3) is 0 Å². The Labute approximate surface area is 145 Å². The highest BCUT2D eigenvalue weighted by Crippen LogP contribution is 2.33. The number of nitrogens with one attached hydrogen (secondary N) is 1. The van der Waals surface area contributed by atoms with Gasteiger partial charge in [0, 0.05) is 32.4 Å². The van der Waals surface area contributed by atoms with Crippen LogP contribution in [0.15, 0.2) is 12.2 Å². The van der Waals surface area contributed by atoms with Crippen molar-refractivity contribution in [2.24, 2.45) is 5.92 Å². The SMILES string of the molecule is C=C(C)CN(CC)C(=O)C1CC(=O)c2sc(NC(=O)CC)nc2C1. The number of aromatic nitrogens is 1. The van der Waals surface area contributed by atoms with Crippen molar-refractivity contribution in [3.8, 4) is 0 Å². The van der Waals surface area contributed by atoms with Gasteiger partial charge in [0.15, 0.2) is 10.9 Å². The highest BCUT2D eigenvalue weighted by atomic mass is 32.1. The molecule has 2 rings (SSSR count). The topological polar surface area (TPSA) is 79.4 Å². The number of ketones is 1. The van der Waals surface area contributed by atoms with Gasteiger partial charge < -0.3 is 10.2 Å². The third-order valence-electron chi connectivity index (χ3n) is 3.89. The minimum absolute atomic E-state index is 0.0355. The zero-order chi connectivity index (χ0) is 17.9. The average Bonchev–Trinajstić information content (AvgIpc) is 2.94. The lowest BCUT2D eigenvalue weighted by Crippen LogP contribution is -2.40. The molecule has 6 nitrogen and oxygen atoms in total. The summed E-state index contributed by atoms with van der Waals surface area (Å²) in [6.45, 7) is 10.5. The Balaban J connectivity index is 2.16. The molecule has 0 aliphatic heterocycles. The molecule has 1 aliphatic carbocycles. The predicted octanol–water partition coefficient (Wildman–Crippen LogP) is 2.66. The van der Waals surface area contributed by atoms with Gasteiger partial charge in [-0.15, -0.1) is 0 Å². The van der Waals surface area contributed by atoms with E-state index in [0.717, 1.165) is 5.57 Å². The van der Waals surface area contributed by atoms with E-state index in [1.807, 2.05) is 13.8 Å². The zero-order valence-corrected chi connectivity index (χ0v) is 15.2. The molecule has 1 heterocycles. The van der Waals surface area contributed by atoms with Crippen molar-refractivity contribution in [3.05, 3.63) is 22.7 Å². The zero-order valence-electron chi connectivity index (χ0n) is 14.3. The van der Waals surface area contributed by atoms with E-state index >= 15 is 0 Å². The molecular formula is C17H23N3O3S. The molecular weight excluding hydrogens is 326 g/mol. The first-order valence-electron chi connectivity index (χ1n) is 8.11. The van der Waals surface area contributed by atoms with Crippen molar-refractivity contribution in [1.29, 1.82) is 0 Å². The Kier molecular flexibility index (Phi) is 5.88. The summed E-state index contributed by atoms with van der Waals surface area (Å²) < 4.78 is 0. The molecule has 1 N–H and O–H groups in total. The van der Waals surface area contributed by atoms with Gasteiger partial charge >= 0.3 is 0 Å². The second-order valence-corrected chi connectivity index (χ2v) is 7.03. The third kappa shape index (κ3) is 4.08. The highest BCUT2D eigenvalue weighted by Gasteiger charge is 2.34. The van der Waals surface area contributed by atoms with Crippen LogP contribution in [-0.2, 0) is 16.0 Å². The van der Waals surface area contributed by atoms with E-state index in [4.69, 9.17) is 0 Å². The summed E-state index contributed by atoms with van der Waals surface area (Å²) in [7, 11) is 0. The Morgan fingerprint density at radius 2 is 2.08 bits per heavy atom. The Bertz CT molecular complexity index is 681. The Morgan fingerprint density at radius 3 is 2.67 bits per heavy atom. The minimum Gasteiger partial charge on any atom is -0.339 e. The van der Waals surface area contributed by atoms with Crippen LogP contribution in [0.25, 0.3) is 0 Å². The van der Waals surface area contributed by atoms with Gasteiger partial charge in [0.2, 0.25) is 11.8 Å². The second-order valence-electron chi connectivity index (χ2n) is 6.03. The Hall–Kier alpha value is -2.02. The van der Waals surface area contributed by atoms with Crippen molar-refractivity contribution in [3.63, 3.8) is 0 Å². The first-order chi connectivity index (χ1) is 11.3. The van der Waals surface area contributed by atoms with Gasteiger partial charge in [-0.2, -0.15) is 0 Å². The van der Waals surface area contributed by atoms with Gasteiger partial charge in [0.05, 0.1) is 16.5 Å². The maximum Gasteiger partial charge on any atom is 0.226 e. The largest absolute Gasteiger partial charge is 0.339 e. The summed E-state index contributed by atoms with van der Waals surface area (Å²) in [6.07, 6.45) is 0.985. The van der Waals surface area contributed by atoms with Crippen LogP contribution in [0.2, 0.25) is 0 Å². The van der Waals surface area contributed by atoms with Gasteiger partial charge in [-0.1, -0.05) is 30.4 Å². The molecule has 1 aliphatic rings. The van der Waals surface area contributed by atoms with E-state index in [2.05, 4.69) is 16.9 Å². The number of carbonyl (C=O) groups is 3. The molecule has 0 bridgehead atoms. The molecule has 0 saturated heterocycles. The molecule has 1 atom stereocenters. The molecule has 0 saturated carbocycles.